The van der Waals surface area contributed by atoms with Crippen LogP contribution in [0.25, 0.3) is 0 Å². The lowest BCUT2D eigenvalue weighted by atomic mass is 10.1. The van der Waals surface area contributed by atoms with Crippen LogP contribution >= 0.6 is 11.6 Å². The molecule has 3 rings (SSSR count). The van der Waals surface area contributed by atoms with E-state index in [4.69, 9.17) is 16.3 Å². The molecule has 1 heterocycles. The van der Waals surface area contributed by atoms with E-state index in [1.807, 2.05) is 0 Å². The van der Waals surface area contributed by atoms with Gasteiger partial charge in [0.25, 0.3) is 0 Å². The molecule has 176 valence electrons. The van der Waals surface area contributed by atoms with Gasteiger partial charge in [0.05, 0.1) is 19.6 Å². The number of carbonyl (C=O) groups excluding carboxylic acids is 3. The Labute approximate surface area is 196 Å². The molecule has 0 saturated carbocycles. The maximum atomic E-state index is 14.5. The van der Waals surface area contributed by atoms with Crippen molar-refractivity contribution < 1.29 is 28.2 Å². The molecule has 1 aliphatic rings. The molecular formula is C23H25ClFN3O5. The maximum Gasteiger partial charge on any atom is 0.329 e. The summed E-state index contributed by atoms with van der Waals surface area (Å²) >= 11 is 5.95. The lowest BCUT2D eigenvalue weighted by Gasteiger charge is -2.40. The molecule has 2 aromatic carbocycles. The van der Waals surface area contributed by atoms with E-state index >= 15 is 0 Å². The van der Waals surface area contributed by atoms with Crippen molar-refractivity contribution in [2.75, 3.05) is 19.0 Å². The summed E-state index contributed by atoms with van der Waals surface area (Å²) in [4.78, 5) is 39.8. The molecule has 0 aliphatic carbocycles. The number of urea groups is 1. The molecule has 1 aliphatic heterocycles. The lowest BCUT2D eigenvalue weighted by molar-refractivity contribution is -0.147. The van der Waals surface area contributed by atoms with Crippen LogP contribution in [-0.2, 0) is 20.9 Å². The molecule has 33 heavy (non-hydrogen) atoms. The third-order valence-electron chi connectivity index (χ3n) is 4.93. The first-order valence-corrected chi connectivity index (χ1v) is 10.7. The zero-order valence-corrected chi connectivity index (χ0v) is 19.3. The van der Waals surface area contributed by atoms with Crippen LogP contribution in [0.1, 0.15) is 25.8 Å². The summed E-state index contributed by atoms with van der Waals surface area (Å²) in [6.45, 7) is 3.22. The zero-order valence-electron chi connectivity index (χ0n) is 18.5. The molecule has 0 aromatic heterocycles. The number of nitrogens with zero attached hydrogens (tertiary/aromatic N) is 2. The maximum absolute atomic E-state index is 14.5. The van der Waals surface area contributed by atoms with Crippen LogP contribution < -0.4 is 10.1 Å². The Balaban J connectivity index is 1.86. The number of imide groups is 1. The topological polar surface area (TPSA) is 88.2 Å². The summed E-state index contributed by atoms with van der Waals surface area (Å²) in [6, 6.07) is 10.6. The predicted molar refractivity (Wildman–Crippen MR) is 120 cm³/mol. The van der Waals surface area contributed by atoms with Crippen molar-refractivity contribution in [3.8, 4) is 5.75 Å². The first-order valence-electron chi connectivity index (χ1n) is 10.3. The van der Waals surface area contributed by atoms with Crippen molar-refractivity contribution in [1.29, 1.82) is 0 Å². The lowest BCUT2D eigenvalue weighted by Crippen LogP contribution is -2.59. The molecule has 0 bridgehead atoms. The van der Waals surface area contributed by atoms with Crippen LogP contribution in [0.3, 0.4) is 0 Å². The smallest absolute Gasteiger partial charge is 0.329 e. The van der Waals surface area contributed by atoms with Gasteiger partial charge in [0.15, 0.2) is 11.6 Å². The Kier molecular flexibility index (Phi) is 7.75. The minimum atomic E-state index is -0.772. The summed E-state index contributed by atoms with van der Waals surface area (Å²) in [5, 5.41) is 3.59. The van der Waals surface area contributed by atoms with Crippen molar-refractivity contribution in [1.82, 2.24) is 9.80 Å². The minimum Gasteiger partial charge on any atom is -0.488 e. The molecule has 1 saturated heterocycles. The highest BCUT2D eigenvalue weighted by Gasteiger charge is 2.40. The van der Waals surface area contributed by atoms with Crippen LogP contribution in [0.2, 0.25) is 5.02 Å². The fourth-order valence-corrected chi connectivity index (χ4v) is 3.48. The number of rotatable bonds is 8. The van der Waals surface area contributed by atoms with Crippen molar-refractivity contribution in [2.45, 2.75) is 39.1 Å². The van der Waals surface area contributed by atoms with Crippen LogP contribution in [0, 0.1) is 5.82 Å². The molecule has 1 atom stereocenters. The fraction of sp³-hybridized carbons (Fsp3) is 0.348. The Morgan fingerprint density at radius 3 is 2.52 bits per heavy atom. The van der Waals surface area contributed by atoms with Gasteiger partial charge in [-0.15, -0.1) is 0 Å². The normalized spacial score (nSPS) is 16.2. The quantitative estimate of drug-likeness (QED) is 0.577. The van der Waals surface area contributed by atoms with Crippen LogP contribution in [0.5, 0.6) is 5.75 Å². The second-order valence-corrected chi connectivity index (χ2v) is 8.21. The third-order valence-corrected chi connectivity index (χ3v) is 5.18. The minimum absolute atomic E-state index is 0.105. The zero-order chi connectivity index (χ0) is 24.1. The van der Waals surface area contributed by atoms with Crippen molar-refractivity contribution in [3.63, 3.8) is 0 Å². The van der Waals surface area contributed by atoms with Gasteiger partial charge in [-0.2, -0.15) is 0 Å². The number of carbonyl (C=O) groups is 3. The summed E-state index contributed by atoms with van der Waals surface area (Å²) in [6.07, 6.45) is -1.09. The number of hydrogen-bond donors (Lipinski definition) is 1. The van der Waals surface area contributed by atoms with Crippen molar-refractivity contribution in [2.24, 2.45) is 0 Å². The van der Waals surface area contributed by atoms with Gasteiger partial charge >= 0.3 is 12.0 Å². The van der Waals surface area contributed by atoms with Gasteiger partial charge in [-0.3, -0.25) is 19.4 Å². The van der Waals surface area contributed by atoms with E-state index < -0.39 is 36.4 Å². The standard InChI is InChI=1S/C23H25ClFN3O5/c1-14(2)33-19-9-8-17(10-18(19)25)26-20-11-21(29)28(13-22(30)32-3)23(31)27(20)12-15-4-6-16(24)7-5-15/h4-10,14,20,26H,11-13H2,1-3H3. The number of anilines is 1. The second-order valence-electron chi connectivity index (χ2n) is 7.77. The summed E-state index contributed by atoms with van der Waals surface area (Å²) < 4.78 is 24.5. The monoisotopic (exact) mass is 477 g/mol. The van der Waals surface area contributed by atoms with Gasteiger partial charge in [-0.25, -0.2) is 9.18 Å². The first-order chi connectivity index (χ1) is 15.7. The molecule has 1 unspecified atom stereocenters. The molecule has 0 spiro atoms. The van der Waals surface area contributed by atoms with E-state index in [9.17, 15) is 18.8 Å². The third kappa shape index (κ3) is 6.13. The molecule has 1 N–H and O–H groups in total. The number of benzene rings is 2. The average Bonchev–Trinajstić information content (AvgIpc) is 2.76. The molecule has 0 radical (unpaired) electrons. The van der Waals surface area contributed by atoms with Crippen LogP contribution in [-0.4, -0.2) is 53.6 Å². The molecular weight excluding hydrogens is 453 g/mol. The Bertz CT molecular complexity index is 1030. The SMILES string of the molecule is COC(=O)CN1C(=O)CC(Nc2ccc(OC(C)C)c(F)c2)N(Cc2ccc(Cl)cc2)C1=O. The van der Waals surface area contributed by atoms with Crippen molar-refractivity contribution >= 4 is 35.2 Å². The fourth-order valence-electron chi connectivity index (χ4n) is 3.36. The first kappa shape index (κ1) is 24.3. The molecule has 10 heteroatoms. The number of methoxy groups -OCH3 is 1. The molecule has 3 amide bonds. The highest BCUT2D eigenvalue weighted by molar-refractivity contribution is 6.30. The summed E-state index contributed by atoms with van der Waals surface area (Å²) in [5.41, 5.74) is 1.13. The largest absolute Gasteiger partial charge is 0.488 e. The predicted octanol–water partition coefficient (Wildman–Crippen LogP) is 4.03. The van der Waals surface area contributed by atoms with E-state index in [1.54, 1.807) is 44.2 Å². The highest BCUT2D eigenvalue weighted by Crippen LogP contribution is 2.26. The van der Waals surface area contributed by atoms with Crippen LogP contribution in [0.4, 0.5) is 14.9 Å². The van der Waals surface area contributed by atoms with Gasteiger partial charge in [-0.05, 0) is 43.7 Å². The van der Waals surface area contributed by atoms with Gasteiger partial charge in [-0.1, -0.05) is 23.7 Å². The van der Waals surface area contributed by atoms with E-state index in [1.165, 1.54) is 24.1 Å². The Morgan fingerprint density at radius 2 is 1.91 bits per heavy atom. The van der Waals surface area contributed by atoms with Gasteiger partial charge in [0.1, 0.15) is 12.7 Å². The number of amides is 3. The van der Waals surface area contributed by atoms with Crippen LogP contribution in [0.15, 0.2) is 42.5 Å². The number of halogens is 2. The average molecular weight is 478 g/mol. The number of nitrogens with one attached hydrogen (secondary N) is 1. The molecule has 1 fully saturated rings. The van der Waals surface area contributed by atoms with E-state index in [2.05, 4.69) is 10.1 Å². The summed E-state index contributed by atoms with van der Waals surface area (Å²) in [7, 11) is 1.18. The van der Waals surface area contributed by atoms with E-state index in [0.717, 1.165) is 10.5 Å². The molecule has 8 nitrogen and oxygen atoms in total. The van der Waals surface area contributed by atoms with E-state index in [-0.39, 0.29) is 24.8 Å². The summed E-state index contributed by atoms with van der Waals surface area (Å²) in [5.74, 6) is -1.72. The second kappa shape index (κ2) is 10.5. The Morgan fingerprint density at radius 1 is 1.21 bits per heavy atom. The van der Waals surface area contributed by atoms with Gasteiger partial charge in [0, 0.05) is 23.3 Å². The van der Waals surface area contributed by atoms with Gasteiger partial charge in [0.2, 0.25) is 5.91 Å². The number of hydrogen-bond acceptors (Lipinski definition) is 6. The highest BCUT2D eigenvalue weighted by atomic mass is 35.5. The Hall–Kier alpha value is -3.33. The number of esters is 1. The van der Waals surface area contributed by atoms with E-state index in [0.29, 0.717) is 10.7 Å². The van der Waals surface area contributed by atoms with Crippen molar-refractivity contribution in [3.05, 3.63) is 58.9 Å². The molecule has 2 aromatic rings. The van der Waals surface area contributed by atoms with Gasteiger partial charge < -0.3 is 14.8 Å². The number of ether oxygens (including phenoxy) is 2.